The molecule has 3 aliphatic heterocycles. The second kappa shape index (κ2) is 5.35. The molecule has 5 nitrogen and oxygen atoms in total. The van der Waals surface area contributed by atoms with Gasteiger partial charge in [0.2, 0.25) is 0 Å². The molecule has 1 atom stereocenters. The minimum absolute atomic E-state index is 0.0858. The molecule has 4 aliphatic rings. The molecule has 1 aliphatic carbocycles. The van der Waals surface area contributed by atoms with Crippen molar-refractivity contribution in [3.8, 4) is 0 Å². The van der Waals surface area contributed by atoms with Crippen LogP contribution in [0.3, 0.4) is 0 Å². The number of nitrogens with zero attached hydrogens (tertiary/aromatic N) is 2. The zero-order chi connectivity index (χ0) is 17.2. The number of carbonyl (C=O) groups excluding carboxylic acids is 1. The maximum Gasteiger partial charge on any atom is 0.270 e. The van der Waals surface area contributed by atoms with Crippen LogP contribution in [0, 0.1) is 22.0 Å². The molecule has 0 radical (unpaired) electrons. The third-order valence-corrected chi connectivity index (χ3v) is 7.72. The first kappa shape index (κ1) is 15.5. The highest BCUT2D eigenvalue weighted by Gasteiger charge is 2.60. The number of benzene rings is 1. The highest BCUT2D eigenvalue weighted by molar-refractivity contribution is 7.20. The number of non-ortho nitro benzene ring substituents is 1. The Morgan fingerprint density at radius 1 is 1.28 bits per heavy atom. The van der Waals surface area contributed by atoms with Crippen molar-refractivity contribution < 1.29 is 9.72 Å². The van der Waals surface area contributed by atoms with Gasteiger partial charge in [0, 0.05) is 28.8 Å². The molecule has 0 N–H and O–H groups in total. The van der Waals surface area contributed by atoms with Gasteiger partial charge in [0.25, 0.3) is 5.69 Å². The van der Waals surface area contributed by atoms with Gasteiger partial charge < -0.3 is 0 Å². The first-order valence-corrected chi connectivity index (χ1v) is 9.85. The van der Waals surface area contributed by atoms with E-state index in [2.05, 4.69) is 4.90 Å². The molecule has 4 heterocycles. The van der Waals surface area contributed by atoms with Crippen molar-refractivity contribution in [3.05, 3.63) is 39.3 Å². The van der Waals surface area contributed by atoms with E-state index in [1.807, 2.05) is 6.07 Å². The summed E-state index contributed by atoms with van der Waals surface area (Å²) in [6.45, 7) is 2.42. The Morgan fingerprint density at radius 2 is 2.04 bits per heavy atom. The molecule has 130 valence electrons. The molecular formula is C19H20N2O3S. The Morgan fingerprint density at radius 3 is 2.72 bits per heavy atom. The normalized spacial score (nSPS) is 29.2. The predicted molar refractivity (Wildman–Crippen MR) is 97.2 cm³/mol. The van der Waals surface area contributed by atoms with E-state index in [0.717, 1.165) is 15.0 Å². The van der Waals surface area contributed by atoms with E-state index >= 15 is 0 Å². The first-order valence-electron chi connectivity index (χ1n) is 9.03. The lowest BCUT2D eigenvalue weighted by Crippen LogP contribution is -2.57. The summed E-state index contributed by atoms with van der Waals surface area (Å²) in [5.41, 5.74) is 0.411. The van der Waals surface area contributed by atoms with Crippen molar-refractivity contribution in [1.82, 2.24) is 4.90 Å². The predicted octanol–water partition coefficient (Wildman–Crippen LogP) is 4.26. The average Bonchev–Trinajstić information content (AvgIpc) is 3.27. The van der Waals surface area contributed by atoms with Crippen LogP contribution in [-0.2, 0) is 0 Å². The Bertz CT molecular complexity index is 878. The average molecular weight is 356 g/mol. The van der Waals surface area contributed by atoms with Gasteiger partial charge in [0.05, 0.1) is 9.80 Å². The van der Waals surface area contributed by atoms with Crippen LogP contribution in [0.25, 0.3) is 10.1 Å². The summed E-state index contributed by atoms with van der Waals surface area (Å²) in [5.74, 6) is 1.42. The molecule has 1 aromatic carbocycles. The molecule has 4 fully saturated rings. The number of hydrogen-bond donors (Lipinski definition) is 0. The number of nitro groups is 1. The number of nitro benzene ring substituents is 1. The fourth-order valence-electron chi connectivity index (χ4n) is 5.16. The van der Waals surface area contributed by atoms with Crippen LogP contribution in [0.5, 0.6) is 0 Å². The van der Waals surface area contributed by atoms with E-state index in [9.17, 15) is 14.9 Å². The van der Waals surface area contributed by atoms with Gasteiger partial charge in [0.15, 0.2) is 5.78 Å². The lowest BCUT2D eigenvalue weighted by atomic mass is 9.70. The summed E-state index contributed by atoms with van der Waals surface area (Å²) in [5, 5.41) is 11.9. The first-order chi connectivity index (χ1) is 12.1. The molecule has 3 saturated heterocycles. The topological polar surface area (TPSA) is 63.5 Å². The van der Waals surface area contributed by atoms with Gasteiger partial charge in [-0.2, -0.15) is 0 Å². The molecule has 0 amide bonds. The Labute approximate surface area is 149 Å². The summed E-state index contributed by atoms with van der Waals surface area (Å²) >= 11 is 1.40. The monoisotopic (exact) mass is 356 g/mol. The van der Waals surface area contributed by atoms with Crippen LogP contribution in [0.1, 0.15) is 41.8 Å². The molecule has 1 aromatic heterocycles. The molecule has 2 aromatic rings. The van der Waals surface area contributed by atoms with E-state index in [4.69, 9.17) is 0 Å². The molecule has 6 rings (SSSR count). The minimum atomic E-state index is -0.384. The smallest absolute Gasteiger partial charge is 0.270 e. The van der Waals surface area contributed by atoms with Crippen molar-refractivity contribution in [2.75, 3.05) is 13.1 Å². The van der Waals surface area contributed by atoms with Gasteiger partial charge in [-0.25, -0.2) is 0 Å². The van der Waals surface area contributed by atoms with Gasteiger partial charge in [0.1, 0.15) is 0 Å². The van der Waals surface area contributed by atoms with E-state index in [-0.39, 0.29) is 16.4 Å². The summed E-state index contributed by atoms with van der Waals surface area (Å²) in [6.07, 6.45) is 5.60. The Balaban J connectivity index is 1.41. The maximum atomic E-state index is 13.0. The van der Waals surface area contributed by atoms with Gasteiger partial charge >= 0.3 is 0 Å². The standard InChI is InChI=1S/C19H20N2O3S/c22-16(11-15-12-3-7-20(8-4-12)19(15)5-6-19)18-9-13-1-2-14(21(23)24)10-17(13)25-18/h1-2,9-10,12,15H,3-8,11H2. The fraction of sp³-hybridized carbons (Fsp3) is 0.526. The number of hydrogen-bond acceptors (Lipinski definition) is 5. The molecule has 1 unspecified atom stereocenters. The second-order valence-electron chi connectivity index (χ2n) is 7.75. The minimum Gasteiger partial charge on any atom is -0.297 e. The number of Topliss-reactive ketones (excluding diaryl/α,β-unsaturated/α-hetero) is 1. The van der Waals surface area contributed by atoms with Crippen LogP contribution in [0.15, 0.2) is 24.3 Å². The van der Waals surface area contributed by atoms with Crippen LogP contribution in [0.2, 0.25) is 0 Å². The van der Waals surface area contributed by atoms with Gasteiger partial charge in [-0.1, -0.05) is 0 Å². The molecular weight excluding hydrogens is 336 g/mol. The van der Waals surface area contributed by atoms with Gasteiger partial charge in [-0.3, -0.25) is 19.8 Å². The van der Waals surface area contributed by atoms with E-state index < -0.39 is 0 Å². The zero-order valence-corrected chi connectivity index (χ0v) is 14.8. The van der Waals surface area contributed by atoms with Crippen molar-refractivity contribution in [3.63, 3.8) is 0 Å². The highest BCUT2D eigenvalue weighted by Crippen LogP contribution is 2.58. The summed E-state index contributed by atoms with van der Waals surface area (Å²) in [6, 6.07) is 6.74. The number of ketones is 1. The quantitative estimate of drug-likeness (QED) is 0.466. The number of thiophene rings is 1. The van der Waals surface area contributed by atoms with Crippen molar-refractivity contribution in [1.29, 1.82) is 0 Å². The SMILES string of the molecule is O=C(CC1C2CCN(CC2)C12CC2)c1cc2ccc([N+](=O)[O-])cc2s1. The second-order valence-corrected chi connectivity index (χ2v) is 8.84. The molecule has 1 spiro atoms. The van der Waals surface area contributed by atoms with E-state index in [1.165, 1.54) is 56.2 Å². The van der Waals surface area contributed by atoms with Gasteiger partial charge in [-0.05, 0) is 68.1 Å². The lowest BCUT2D eigenvalue weighted by molar-refractivity contribution is -0.384. The van der Waals surface area contributed by atoms with Crippen LogP contribution < -0.4 is 0 Å². The largest absolute Gasteiger partial charge is 0.297 e. The molecule has 1 saturated carbocycles. The Hall–Kier alpha value is -1.79. The molecule has 25 heavy (non-hydrogen) atoms. The zero-order valence-electron chi connectivity index (χ0n) is 13.9. The van der Waals surface area contributed by atoms with Crippen LogP contribution in [0.4, 0.5) is 5.69 Å². The maximum absolute atomic E-state index is 13.0. The summed E-state index contributed by atoms with van der Waals surface area (Å²) in [4.78, 5) is 26.9. The Kier molecular flexibility index (Phi) is 3.31. The lowest BCUT2D eigenvalue weighted by Gasteiger charge is -2.52. The molecule has 6 heteroatoms. The summed E-state index contributed by atoms with van der Waals surface area (Å²) < 4.78 is 0.826. The highest BCUT2D eigenvalue weighted by atomic mass is 32.1. The fourth-order valence-corrected chi connectivity index (χ4v) is 6.21. The third-order valence-electron chi connectivity index (χ3n) is 6.59. The third kappa shape index (κ3) is 2.34. The van der Waals surface area contributed by atoms with Gasteiger partial charge in [-0.15, -0.1) is 11.3 Å². The van der Waals surface area contributed by atoms with Crippen molar-refractivity contribution >= 4 is 32.9 Å². The van der Waals surface area contributed by atoms with Crippen LogP contribution >= 0.6 is 11.3 Å². The summed E-state index contributed by atoms with van der Waals surface area (Å²) in [7, 11) is 0. The van der Waals surface area contributed by atoms with E-state index in [1.54, 1.807) is 12.1 Å². The molecule has 2 bridgehead atoms. The van der Waals surface area contributed by atoms with Crippen molar-refractivity contribution in [2.24, 2.45) is 11.8 Å². The number of fused-ring (bicyclic) bond motifs is 3. The number of rotatable bonds is 4. The number of piperidine rings is 3. The van der Waals surface area contributed by atoms with Crippen molar-refractivity contribution in [2.45, 2.75) is 37.6 Å². The van der Waals surface area contributed by atoms with Crippen LogP contribution in [-0.4, -0.2) is 34.2 Å². The number of carbonyl (C=O) groups is 1. The van der Waals surface area contributed by atoms with E-state index in [0.29, 0.717) is 23.8 Å².